The lowest BCUT2D eigenvalue weighted by molar-refractivity contribution is -0.123. The number of nitrogens with one attached hydrogen (secondary N) is 1. The van der Waals surface area contributed by atoms with Gasteiger partial charge in [-0.05, 0) is 46.5 Å². The third kappa shape index (κ3) is 3.17. The van der Waals surface area contributed by atoms with Crippen LogP contribution in [0.5, 0.6) is 0 Å². The van der Waals surface area contributed by atoms with Crippen LogP contribution >= 0.6 is 11.3 Å². The second-order valence-electron chi connectivity index (χ2n) is 6.56. The predicted molar refractivity (Wildman–Crippen MR) is 91.6 cm³/mol. The molecule has 2 unspecified atom stereocenters. The van der Waals surface area contributed by atoms with Crippen LogP contribution in [0.4, 0.5) is 0 Å². The van der Waals surface area contributed by atoms with Crippen LogP contribution in [0.15, 0.2) is 6.20 Å². The van der Waals surface area contributed by atoms with E-state index in [4.69, 9.17) is 0 Å². The maximum absolute atomic E-state index is 12.8. The normalized spacial score (nSPS) is 17.1. The fourth-order valence-electron chi connectivity index (χ4n) is 3.15. The summed E-state index contributed by atoms with van der Waals surface area (Å²) in [6.07, 6.45) is 4.23. The van der Waals surface area contributed by atoms with Crippen molar-refractivity contribution in [2.75, 3.05) is 0 Å². The Bertz CT molecular complexity index is 729. The van der Waals surface area contributed by atoms with E-state index in [1.54, 1.807) is 11.3 Å². The topological polar surface area (TPSA) is 59.8 Å². The Morgan fingerprint density at radius 3 is 2.57 bits per heavy atom. The molecule has 23 heavy (non-hydrogen) atoms. The van der Waals surface area contributed by atoms with Gasteiger partial charge in [0.2, 0.25) is 5.91 Å². The van der Waals surface area contributed by atoms with Crippen LogP contribution in [-0.4, -0.2) is 20.7 Å². The van der Waals surface area contributed by atoms with Crippen LogP contribution in [0.25, 0.3) is 0 Å². The van der Waals surface area contributed by atoms with Gasteiger partial charge in [-0.15, -0.1) is 11.3 Å². The quantitative estimate of drug-likeness (QED) is 0.915. The van der Waals surface area contributed by atoms with E-state index in [1.165, 1.54) is 17.7 Å². The first-order chi connectivity index (χ1) is 10.9. The third-order valence-corrected chi connectivity index (χ3v) is 5.68. The Morgan fingerprint density at radius 2 is 2.09 bits per heavy atom. The Hall–Kier alpha value is -1.69. The number of hydrogen-bond donors (Lipinski definition) is 1. The lowest BCUT2D eigenvalue weighted by Gasteiger charge is -2.19. The first-order valence-electron chi connectivity index (χ1n) is 8.11. The standard InChI is InChI=1S/C17H24N4OS/c1-9-8-18-17(23-9)15(13-6-7-13)19-16(22)10(2)14-11(3)20-21(5)12(14)4/h8,10,13,15H,6-7H2,1-5H3,(H,19,22). The molecule has 2 atom stereocenters. The molecule has 1 fully saturated rings. The summed E-state index contributed by atoms with van der Waals surface area (Å²) in [6.45, 7) is 8.00. The lowest BCUT2D eigenvalue weighted by Crippen LogP contribution is -2.33. The van der Waals surface area contributed by atoms with Gasteiger partial charge >= 0.3 is 0 Å². The molecule has 0 bridgehead atoms. The Kier molecular flexibility index (Phi) is 4.27. The molecule has 1 aliphatic rings. The summed E-state index contributed by atoms with van der Waals surface area (Å²) in [4.78, 5) is 18.5. The van der Waals surface area contributed by atoms with E-state index in [0.717, 1.165) is 22.0 Å². The van der Waals surface area contributed by atoms with Gasteiger partial charge < -0.3 is 5.32 Å². The minimum absolute atomic E-state index is 0.0564. The summed E-state index contributed by atoms with van der Waals surface area (Å²) >= 11 is 1.68. The molecule has 5 nitrogen and oxygen atoms in total. The van der Waals surface area contributed by atoms with Gasteiger partial charge in [0.05, 0.1) is 17.7 Å². The van der Waals surface area contributed by atoms with E-state index in [1.807, 2.05) is 38.7 Å². The number of thiazole rings is 1. The molecule has 0 aromatic carbocycles. The molecule has 2 aromatic heterocycles. The molecule has 0 spiro atoms. The zero-order valence-electron chi connectivity index (χ0n) is 14.4. The highest BCUT2D eigenvalue weighted by Crippen LogP contribution is 2.42. The maximum Gasteiger partial charge on any atom is 0.227 e. The Morgan fingerprint density at radius 1 is 1.39 bits per heavy atom. The predicted octanol–water partition coefficient (Wildman–Crippen LogP) is 3.17. The lowest BCUT2D eigenvalue weighted by atomic mass is 9.97. The summed E-state index contributed by atoms with van der Waals surface area (Å²) in [5, 5.41) is 8.70. The van der Waals surface area contributed by atoms with Gasteiger partial charge in [-0.3, -0.25) is 9.48 Å². The summed E-state index contributed by atoms with van der Waals surface area (Å²) < 4.78 is 1.84. The fraction of sp³-hybridized carbons (Fsp3) is 0.588. The molecule has 1 N–H and O–H groups in total. The molecule has 0 saturated heterocycles. The largest absolute Gasteiger partial charge is 0.346 e. The second-order valence-corrected chi connectivity index (χ2v) is 7.83. The van der Waals surface area contributed by atoms with E-state index in [-0.39, 0.29) is 17.9 Å². The number of aryl methyl sites for hydroxylation is 3. The zero-order valence-corrected chi connectivity index (χ0v) is 15.2. The molecule has 6 heteroatoms. The molecule has 1 amide bonds. The van der Waals surface area contributed by atoms with Gasteiger partial charge in [-0.25, -0.2) is 4.98 Å². The van der Waals surface area contributed by atoms with Crippen LogP contribution in [0.2, 0.25) is 0 Å². The molecule has 124 valence electrons. The molecule has 1 saturated carbocycles. The van der Waals surface area contributed by atoms with Crippen molar-refractivity contribution in [3.63, 3.8) is 0 Å². The van der Waals surface area contributed by atoms with E-state index in [0.29, 0.717) is 5.92 Å². The number of aromatic nitrogens is 3. The van der Waals surface area contributed by atoms with Crippen LogP contribution in [0.1, 0.15) is 58.6 Å². The molecule has 0 aliphatic heterocycles. The SMILES string of the molecule is Cc1cnc(C(NC(=O)C(C)c2c(C)nn(C)c2C)C2CC2)s1. The molecule has 0 radical (unpaired) electrons. The summed E-state index contributed by atoms with van der Waals surface area (Å²) in [5.41, 5.74) is 3.02. The van der Waals surface area contributed by atoms with Gasteiger partial charge in [0.25, 0.3) is 0 Å². The number of amides is 1. The molecular formula is C17H24N4OS. The number of hydrogen-bond acceptors (Lipinski definition) is 4. The van der Waals surface area contributed by atoms with Gasteiger partial charge in [0, 0.05) is 29.4 Å². The minimum Gasteiger partial charge on any atom is -0.346 e. The van der Waals surface area contributed by atoms with Crippen molar-refractivity contribution in [2.45, 2.75) is 52.5 Å². The highest BCUT2D eigenvalue weighted by molar-refractivity contribution is 7.11. The number of nitrogens with zero attached hydrogens (tertiary/aromatic N) is 3. The van der Waals surface area contributed by atoms with Gasteiger partial charge in [-0.1, -0.05) is 0 Å². The summed E-state index contributed by atoms with van der Waals surface area (Å²) in [6, 6.07) is 0.0564. The zero-order chi connectivity index (χ0) is 16.7. The molecule has 2 aromatic rings. The van der Waals surface area contributed by atoms with Crippen molar-refractivity contribution in [1.82, 2.24) is 20.1 Å². The van der Waals surface area contributed by atoms with Crippen LogP contribution in [0.3, 0.4) is 0 Å². The van der Waals surface area contributed by atoms with Crippen molar-refractivity contribution in [3.8, 4) is 0 Å². The highest BCUT2D eigenvalue weighted by Gasteiger charge is 2.36. The summed E-state index contributed by atoms with van der Waals surface area (Å²) in [7, 11) is 1.92. The average Bonchev–Trinajstić information content (AvgIpc) is 3.19. The highest BCUT2D eigenvalue weighted by atomic mass is 32.1. The molecule has 2 heterocycles. The first-order valence-corrected chi connectivity index (χ1v) is 8.93. The van der Waals surface area contributed by atoms with Crippen molar-refractivity contribution in [2.24, 2.45) is 13.0 Å². The van der Waals surface area contributed by atoms with E-state index in [2.05, 4.69) is 22.3 Å². The molecule has 1 aliphatic carbocycles. The smallest absolute Gasteiger partial charge is 0.227 e. The first kappa shape index (κ1) is 16.2. The van der Waals surface area contributed by atoms with Crippen LogP contribution < -0.4 is 5.32 Å². The van der Waals surface area contributed by atoms with Crippen LogP contribution in [-0.2, 0) is 11.8 Å². The average molecular weight is 332 g/mol. The van der Waals surface area contributed by atoms with Gasteiger partial charge in [0.15, 0.2) is 0 Å². The fourth-order valence-corrected chi connectivity index (χ4v) is 4.07. The number of rotatable bonds is 5. The monoisotopic (exact) mass is 332 g/mol. The third-order valence-electron chi connectivity index (χ3n) is 4.69. The van der Waals surface area contributed by atoms with Crippen LogP contribution in [0, 0.1) is 26.7 Å². The van der Waals surface area contributed by atoms with E-state index < -0.39 is 0 Å². The van der Waals surface area contributed by atoms with Gasteiger partial charge in [0.1, 0.15) is 5.01 Å². The number of carbonyl (C=O) groups is 1. The summed E-state index contributed by atoms with van der Waals surface area (Å²) in [5.74, 6) is 0.396. The van der Waals surface area contributed by atoms with Crippen molar-refractivity contribution < 1.29 is 4.79 Å². The van der Waals surface area contributed by atoms with E-state index in [9.17, 15) is 4.79 Å². The second kappa shape index (κ2) is 6.07. The molecular weight excluding hydrogens is 308 g/mol. The van der Waals surface area contributed by atoms with E-state index >= 15 is 0 Å². The Balaban J connectivity index is 1.79. The van der Waals surface area contributed by atoms with Crippen molar-refractivity contribution in [1.29, 1.82) is 0 Å². The maximum atomic E-state index is 12.8. The van der Waals surface area contributed by atoms with Crippen molar-refractivity contribution >= 4 is 17.2 Å². The van der Waals surface area contributed by atoms with Gasteiger partial charge in [-0.2, -0.15) is 5.10 Å². The van der Waals surface area contributed by atoms with Crippen molar-refractivity contribution in [3.05, 3.63) is 33.0 Å². The minimum atomic E-state index is -0.203. The number of carbonyl (C=O) groups excluding carboxylic acids is 1. The Labute approximate surface area is 141 Å². The molecule has 3 rings (SSSR count).